The van der Waals surface area contributed by atoms with Gasteiger partial charge in [-0.05, 0) is 13.0 Å². The molecule has 0 radical (unpaired) electrons. The molecule has 13 heavy (non-hydrogen) atoms. The Bertz CT molecular complexity index is 313. The lowest BCUT2D eigenvalue weighted by molar-refractivity contribution is 0.591. The number of rotatable bonds is 5. The predicted molar refractivity (Wildman–Crippen MR) is 55.7 cm³/mol. The zero-order valence-electron chi connectivity index (χ0n) is 7.95. The van der Waals surface area contributed by atoms with Crippen LogP contribution in [0, 0.1) is 0 Å². The van der Waals surface area contributed by atoms with Gasteiger partial charge in [0.2, 0.25) is 10.0 Å². The van der Waals surface area contributed by atoms with Gasteiger partial charge < -0.3 is 0 Å². The summed E-state index contributed by atoms with van der Waals surface area (Å²) in [4.78, 5) is 0.259. The third kappa shape index (κ3) is 4.05. The largest absolute Gasteiger partial charge is 0.240 e. The van der Waals surface area contributed by atoms with E-state index in [0.29, 0.717) is 6.54 Å². The van der Waals surface area contributed by atoms with Crippen LogP contribution in [-0.2, 0) is 10.0 Å². The first-order chi connectivity index (χ1) is 6.08. The second-order valence-corrected chi connectivity index (χ2v) is 4.05. The molecular weight excluding hydrogens is 186 g/mol. The number of hydrogen-bond acceptors (Lipinski definition) is 2. The molecule has 3 nitrogen and oxygen atoms in total. The van der Waals surface area contributed by atoms with Crippen LogP contribution in [0.3, 0.4) is 0 Å². The van der Waals surface area contributed by atoms with Crippen LogP contribution in [0.4, 0.5) is 0 Å². The van der Waals surface area contributed by atoms with Gasteiger partial charge in [-0.1, -0.05) is 31.7 Å². The minimum Gasteiger partial charge on any atom is -0.211 e. The Morgan fingerprint density at radius 2 is 2.15 bits per heavy atom. The van der Waals surface area contributed by atoms with Crippen molar-refractivity contribution in [2.45, 2.75) is 13.8 Å². The van der Waals surface area contributed by atoms with Crippen LogP contribution in [0.15, 0.2) is 35.8 Å². The molecule has 0 aliphatic carbocycles. The maximum absolute atomic E-state index is 11.4. The van der Waals surface area contributed by atoms with Crippen molar-refractivity contribution in [3.8, 4) is 0 Å². The minimum absolute atomic E-state index is 0.259. The fraction of sp³-hybridized carbons (Fsp3) is 0.333. The Hall–Kier alpha value is -0.870. The van der Waals surface area contributed by atoms with Gasteiger partial charge in [-0.2, -0.15) is 0 Å². The lowest BCUT2D eigenvalue weighted by Crippen LogP contribution is -2.23. The van der Waals surface area contributed by atoms with Crippen LogP contribution in [0.5, 0.6) is 0 Å². The van der Waals surface area contributed by atoms with Gasteiger partial charge in [-0.25, -0.2) is 13.1 Å². The van der Waals surface area contributed by atoms with Crippen LogP contribution in [-0.4, -0.2) is 15.0 Å². The number of hydrogen-bond donors (Lipinski definition) is 1. The Balaban J connectivity index is 4.80. The third-order valence-corrected chi connectivity index (χ3v) is 2.99. The highest BCUT2D eigenvalue weighted by Gasteiger charge is 2.11. The Morgan fingerprint density at radius 3 is 2.54 bits per heavy atom. The van der Waals surface area contributed by atoms with E-state index in [-0.39, 0.29) is 4.91 Å². The molecule has 4 heteroatoms. The van der Waals surface area contributed by atoms with Crippen LogP contribution in [0.25, 0.3) is 0 Å². The second kappa shape index (κ2) is 5.72. The predicted octanol–water partition coefficient (Wildman–Crippen LogP) is 1.57. The first-order valence-corrected chi connectivity index (χ1v) is 5.52. The van der Waals surface area contributed by atoms with E-state index >= 15 is 0 Å². The highest BCUT2D eigenvalue weighted by Crippen LogP contribution is 2.05. The SMILES string of the molecule is C=C/C=C\C(=C/C)S(=O)(=O)NCC. The molecule has 0 rings (SSSR count). The molecule has 0 unspecified atom stereocenters. The average Bonchev–Trinajstić information content (AvgIpc) is 2.05. The van der Waals surface area contributed by atoms with Crippen molar-refractivity contribution in [1.82, 2.24) is 4.72 Å². The summed E-state index contributed by atoms with van der Waals surface area (Å²) in [6, 6.07) is 0. The van der Waals surface area contributed by atoms with E-state index in [0.717, 1.165) is 0 Å². The Morgan fingerprint density at radius 1 is 1.54 bits per heavy atom. The van der Waals surface area contributed by atoms with Gasteiger partial charge >= 0.3 is 0 Å². The standard InChI is InChI=1S/C9H15NO2S/c1-4-7-8-9(5-2)13(11,12)10-6-3/h4-5,7-8,10H,1,6H2,2-3H3/b8-7-,9-5+. The average molecular weight is 201 g/mol. The summed E-state index contributed by atoms with van der Waals surface area (Å²) >= 11 is 0. The molecule has 0 aliphatic rings. The van der Waals surface area contributed by atoms with E-state index in [1.54, 1.807) is 19.9 Å². The zero-order chi connectivity index (χ0) is 10.3. The summed E-state index contributed by atoms with van der Waals surface area (Å²) in [6.45, 7) is 7.27. The van der Waals surface area contributed by atoms with Crippen molar-refractivity contribution < 1.29 is 8.42 Å². The summed E-state index contributed by atoms with van der Waals surface area (Å²) < 4.78 is 25.2. The summed E-state index contributed by atoms with van der Waals surface area (Å²) in [6.07, 6.45) is 6.16. The molecule has 0 fully saturated rings. The maximum Gasteiger partial charge on any atom is 0.240 e. The van der Waals surface area contributed by atoms with Crippen LogP contribution in [0.2, 0.25) is 0 Å². The highest BCUT2D eigenvalue weighted by molar-refractivity contribution is 7.93. The molecule has 0 aromatic heterocycles. The van der Waals surface area contributed by atoms with E-state index in [2.05, 4.69) is 11.3 Å². The molecule has 0 heterocycles. The monoisotopic (exact) mass is 201 g/mol. The topological polar surface area (TPSA) is 46.2 Å². The molecule has 0 aromatic carbocycles. The smallest absolute Gasteiger partial charge is 0.211 e. The van der Waals surface area contributed by atoms with Crippen LogP contribution in [0.1, 0.15) is 13.8 Å². The third-order valence-electron chi connectivity index (χ3n) is 1.33. The normalized spacial score (nSPS) is 13.5. The molecule has 0 amide bonds. The Kier molecular flexibility index (Phi) is 5.34. The molecule has 74 valence electrons. The number of nitrogens with one attached hydrogen (secondary N) is 1. The molecular formula is C9H15NO2S. The van der Waals surface area contributed by atoms with Crippen molar-refractivity contribution >= 4 is 10.0 Å². The number of sulfonamides is 1. The lowest BCUT2D eigenvalue weighted by atomic mass is 10.4. The number of allylic oxidation sites excluding steroid dienone is 4. The first-order valence-electron chi connectivity index (χ1n) is 4.03. The maximum atomic E-state index is 11.4. The molecule has 0 saturated heterocycles. The molecule has 0 saturated carbocycles. The summed E-state index contributed by atoms with van der Waals surface area (Å²) in [5.74, 6) is 0. The van der Waals surface area contributed by atoms with Gasteiger partial charge in [0.25, 0.3) is 0 Å². The van der Waals surface area contributed by atoms with Crippen molar-refractivity contribution in [3.63, 3.8) is 0 Å². The van der Waals surface area contributed by atoms with Gasteiger partial charge in [0.1, 0.15) is 0 Å². The van der Waals surface area contributed by atoms with Crippen LogP contribution < -0.4 is 4.72 Å². The Labute approximate surface area is 79.9 Å². The van der Waals surface area contributed by atoms with Crippen molar-refractivity contribution in [2.75, 3.05) is 6.54 Å². The fourth-order valence-electron chi connectivity index (χ4n) is 0.777. The lowest BCUT2D eigenvalue weighted by Gasteiger charge is -2.03. The molecule has 0 aliphatic heterocycles. The van der Waals surface area contributed by atoms with Crippen molar-refractivity contribution in [3.05, 3.63) is 35.8 Å². The quantitative estimate of drug-likeness (QED) is 0.686. The molecule has 1 N–H and O–H groups in total. The summed E-state index contributed by atoms with van der Waals surface area (Å²) in [5.41, 5.74) is 0. The van der Waals surface area contributed by atoms with E-state index in [9.17, 15) is 8.42 Å². The molecule has 0 spiro atoms. The first kappa shape index (κ1) is 12.1. The fourth-order valence-corrected chi connectivity index (χ4v) is 1.89. The van der Waals surface area contributed by atoms with E-state index in [1.165, 1.54) is 18.2 Å². The summed E-state index contributed by atoms with van der Waals surface area (Å²) in [7, 11) is -3.32. The van der Waals surface area contributed by atoms with Crippen molar-refractivity contribution in [1.29, 1.82) is 0 Å². The molecule has 0 atom stereocenters. The van der Waals surface area contributed by atoms with E-state index < -0.39 is 10.0 Å². The highest BCUT2D eigenvalue weighted by atomic mass is 32.2. The van der Waals surface area contributed by atoms with Gasteiger partial charge in [-0.15, -0.1) is 0 Å². The van der Waals surface area contributed by atoms with E-state index in [1.807, 2.05) is 0 Å². The van der Waals surface area contributed by atoms with Gasteiger partial charge in [0.05, 0.1) is 4.91 Å². The van der Waals surface area contributed by atoms with Crippen LogP contribution >= 0.6 is 0 Å². The van der Waals surface area contributed by atoms with Gasteiger partial charge in [-0.3, -0.25) is 0 Å². The van der Waals surface area contributed by atoms with E-state index in [4.69, 9.17) is 0 Å². The molecule has 0 bridgehead atoms. The second-order valence-electron chi connectivity index (χ2n) is 2.29. The summed E-state index contributed by atoms with van der Waals surface area (Å²) in [5, 5.41) is 0. The van der Waals surface area contributed by atoms with Gasteiger partial charge in [0.15, 0.2) is 0 Å². The minimum atomic E-state index is -3.32. The van der Waals surface area contributed by atoms with Crippen molar-refractivity contribution in [2.24, 2.45) is 0 Å². The van der Waals surface area contributed by atoms with Gasteiger partial charge in [0, 0.05) is 6.54 Å². The molecule has 0 aromatic rings. The zero-order valence-corrected chi connectivity index (χ0v) is 8.76.